The van der Waals surface area contributed by atoms with Gasteiger partial charge in [-0.05, 0) is 31.1 Å². The van der Waals surface area contributed by atoms with E-state index >= 15 is 0 Å². The molecule has 0 atom stereocenters. The van der Waals surface area contributed by atoms with E-state index in [1.54, 1.807) is 6.26 Å². The first kappa shape index (κ1) is 15.4. The molecule has 0 saturated heterocycles. The van der Waals surface area contributed by atoms with Crippen LogP contribution in [0.2, 0.25) is 0 Å². The maximum absolute atomic E-state index is 5.64. The predicted octanol–water partition coefficient (Wildman–Crippen LogP) is 3.58. The van der Waals surface area contributed by atoms with Gasteiger partial charge in [0.15, 0.2) is 0 Å². The van der Waals surface area contributed by atoms with Crippen molar-refractivity contribution < 1.29 is 4.42 Å². The molecule has 0 aromatic carbocycles. The molecular weight excluding hydrogens is 250 g/mol. The van der Waals surface area contributed by atoms with E-state index in [0.717, 1.165) is 18.3 Å². The fourth-order valence-corrected chi connectivity index (χ4v) is 2.78. The van der Waals surface area contributed by atoms with Gasteiger partial charge < -0.3 is 14.6 Å². The van der Waals surface area contributed by atoms with Crippen LogP contribution in [0, 0.1) is 5.41 Å². The van der Waals surface area contributed by atoms with Crippen molar-refractivity contribution in [3.8, 4) is 0 Å². The molecule has 0 unspecified atom stereocenters. The van der Waals surface area contributed by atoms with Crippen LogP contribution in [0.5, 0.6) is 0 Å². The number of nitrogens with one attached hydrogen (secondary N) is 1. The molecule has 1 aliphatic rings. The van der Waals surface area contributed by atoms with Gasteiger partial charge in [0, 0.05) is 25.7 Å². The number of rotatable bonds is 5. The first-order chi connectivity index (χ1) is 9.37. The summed E-state index contributed by atoms with van der Waals surface area (Å²) >= 11 is 0. The van der Waals surface area contributed by atoms with Crippen molar-refractivity contribution in [1.29, 1.82) is 0 Å². The quantitative estimate of drug-likeness (QED) is 0.894. The summed E-state index contributed by atoms with van der Waals surface area (Å²) in [6.45, 7) is 9.77. The molecular formula is C16H29N3O. The summed E-state index contributed by atoms with van der Waals surface area (Å²) in [5.41, 5.74) is 1.48. The molecule has 0 spiro atoms. The third-order valence-corrected chi connectivity index (χ3v) is 4.39. The van der Waals surface area contributed by atoms with Gasteiger partial charge in [-0.1, -0.05) is 27.7 Å². The van der Waals surface area contributed by atoms with Crippen LogP contribution < -0.4 is 10.2 Å². The zero-order valence-electron chi connectivity index (χ0n) is 13.6. The fraction of sp³-hybridized carbons (Fsp3) is 0.812. The summed E-state index contributed by atoms with van der Waals surface area (Å²) in [7, 11) is 2.11. The van der Waals surface area contributed by atoms with Crippen LogP contribution in [-0.2, 0) is 6.54 Å². The minimum Gasteiger partial charge on any atom is -0.432 e. The van der Waals surface area contributed by atoms with Crippen molar-refractivity contribution in [2.75, 3.05) is 11.9 Å². The predicted molar refractivity (Wildman–Crippen MR) is 82.9 cm³/mol. The van der Waals surface area contributed by atoms with Crippen LogP contribution in [0.15, 0.2) is 10.7 Å². The molecule has 0 radical (unpaired) electrons. The van der Waals surface area contributed by atoms with Gasteiger partial charge in [-0.2, -0.15) is 4.98 Å². The van der Waals surface area contributed by atoms with Crippen molar-refractivity contribution in [3.05, 3.63) is 12.0 Å². The van der Waals surface area contributed by atoms with Gasteiger partial charge >= 0.3 is 0 Å². The molecule has 0 amide bonds. The molecule has 1 aromatic rings. The SMILES string of the molecule is CC(C)NCc1coc(N(C)C2CCC(C)(C)CC2)n1. The van der Waals surface area contributed by atoms with Gasteiger partial charge in [0.2, 0.25) is 0 Å². The molecule has 0 bridgehead atoms. The van der Waals surface area contributed by atoms with Crippen LogP contribution in [0.3, 0.4) is 0 Å². The van der Waals surface area contributed by atoms with Crippen molar-refractivity contribution in [2.45, 2.75) is 72.0 Å². The van der Waals surface area contributed by atoms with Crippen molar-refractivity contribution in [3.63, 3.8) is 0 Å². The first-order valence-corrected chi connectivity index (χ1v) is 7.78. The third kappa shape index (κ3) is 3.98. The molecule has 4 heteroatoms. The van der Waals surface area contributed by atoms with E-state index in [2.05, 4.69) is 49.9 Å². The van der Waals surface area contributed by atoms with Gasteiger partial charge in [-0.15, -0.1) is 0 Å². The molecule has 0 aliphatic heterocycles. The summed E-state index contributed by atoms with van der Waals surface area (Å²) in [5.74, 6) is 0. The molecule has 114 valence electrons. The smallest absolute Gasteiger partial charge is 0.297 e. The molecule has 2 rings (SSSR count). The summed E-state index contributed by atoms with van der Waals surface area (Å²) in [4.78, 5) is 6.81. The second kappa shape index (κ2) is 6.17. The monoisotopic (exact) mass is 279 g/mol. The Bertz CT molecular complexity index is 415. The van der Waals surface area contributed by atoms with Crippen LogP contribution in [0.4, 0.5) is 6.01 Å². The Morgan fingerprint density at radius 3 is 2.65 bits per heavy atom. The highest BCUT2D eigenvalue weighted by Gasteiger charge is 2.30. The molecule has 1 heterocycles. The Morgan fingerprint density at radius 1 is 1.40 bits per heavy atom. The lowest BCUT2D eigenvalue weighted by molar-refractivity contribution is 0.220. The number of anilines is 1. The minimum atomic E-state index is 0.466. The molecule has 1 aliphatic carbocycles. The van der Waals surface area contributed by atoms with Gasteiger partial charge in [0.1, 0.15) is 6.26 Å². The number of nitrogens with zero attached hydrogens (tertiary/aromatic N) is 2. The lowest BCUT2D eigenvalue weighted by Crippen LogP contribution is -2.37. The Kier molecular flexibility index (Phi) is 4.74. The van der Waals surface area contributed by atoms with Gasteiger partial charge in [0.05, 0.1) is 5.69 Å². The largest absolute Gasteiger partial charge is 0.432 e. The normalized spacial score (nSPS) is 19.5. The van der Waals surface area contributed by atoms with E-state index in [1.165, 1.54) is 25.7 Å². The highest BCUT2D eigenvalue weighted by Crippen LogP contribution is 2.37. The van der Waals surface area contributed by atoms with Gasteiger partial charge in [-0.3, -0.25) is 0 Å². The zero-order chi connectivity index (χ0) is 14.8. The highest BCUT2D eigenvalue weighted by molar-refractivity contribution is 5.27. The summed E-state index contributed by atoms with van der Waals surface area (Å²) < 4.78 is 5.64. The fourth-order valence-electron chi connectivity index (χ4n) is 2.78. The third-order valence-electron chi connectivity index (χ3n) is 4.39. The second-order valence-corrected chi connectivity index (χ2v) is 7.16. The average molecular weight is 279 g/mol. The van der Waals surface area contributed by atoms with Gasteiger partial charge in [-0.25, -0.2) is 0 Å². The standard InChI is InChI=1S/C16H29N3O/c1-12(2)17-10-13-11-20-15(18-13)19(5)14-6-8-16(3,4)9-7-14/h11-12,14,17H,6-10H2,1-5H3. The molecule has 1 saturated carbocycles. The van der Waals surface area contributed by atoms with Crippen LogP contribution in [0.25, 0.3) is 0 Å². The Morgan fingerprint density at radius 2 is 2.05 bits per heavy atom. The Balaban J connectivity index is 1.91. The van der Waals surface area contributed by atoms with E-state index in [9.17, 15) is 0 Å². The van der Waals surface area contributed by atoms with E-state index in [1.807, 2.05) is 0 Å². The molecule has 4 nitrogen and oxygen atoms in total. The van der Waals surface area contributed by atoms with Crippen LogP contribution in [-0.4, -0.2) is 24.1 Å². The van der Waals surface area contributed by atoms with E-state index in [4.69, 9.17) is 4.42 Å². The first-order valence-electron chi connectivity index (χ1n) is 7.78. The number of hydrogen-bond acceptors (Lipinski definition) is 4. The number of aromatic nitrogens is 1. The molecule has 1 fully saturated rings. The van der Waals surface area contributed by atoms with E-state index in [-0.39, 0.29) is 0 Å². The van der Waals surface area contributed by atoms with Crippen LogP contribution >= 0.6 is 0 Å². The molecule has 20 heavy (non-hydrogen) atoms. The maximum Gasteiger partial charge on any atom is 0.297 e. The van der Waals surface area contributed by atoms with Crippen molar-refractivity contribution in [1.82, 2.24) is 10.3 Å². The maximum atomic E-state index is 5.64. The average Bonchev–Trinajstić information content (AvgIpc) is 2.84. The van der Waals surface area contributed by atoms with Crippen molar-refractivity contribution in [2.24, 2.45) is 5.41 Å². The summed E-state index contributed by atoms with van der Waals surface area (Å²) in [6, 6.07) is 1.79. The molecule has 1 aromatic heterocycles. The number of oxazole rings is 1. The van der Waals surface area contributed by atoms with E-state index < -0.39 is 0 Å². The summed E-state index contributed by atoms with van der Waals surface area (Å²) in [6.07, 6.45) is 6.79. The Labute approximate surface area is 122 Å². The lowest BCUT2D eigenvalue weighted by Gasteiger charge is -2.37. The van der Waals surface area contributed by atoms with Crippen molar-refractivity contribution >= 4 is 6.01 Å². The summed E-state index contributed by atoms with van der Waals surface area (Å²) in [5, 5.41) is 3.36. The van der Waals surface area contributed by atoms with E-state index in [0.29, 0.717) is 17.5 Å². The minimum absolute atomic E-state index is 0.466. The second-order valence-electron chi connectivity index (χ2n) is 7.16. The van der Waals surface area contributed by atoms with Gasteiger partial charge in [0.25, 0.3) is 6.01 Å². The Hall–Kier alpha value is -1.03. The number of hydrogen-bond donors (Lipinski definition) is 1. The zero-order valence-corrected chi connectivity index (χ0v) is 13.6. The van der Waals surface area contributed by atoms with Crippen LogP contribution in [0.1, 0.15) is 59.1 Å². The highest BCUT2D eigenvalue weighted by atomic mass is 16.4. The lowest BCUT2D eigenvalue weighted by atomic mass is 9.75. The topological polar surface area (TPSA) is 41.3 Å². The molecule has 1 N–H and O–H groups in total.